The van der Waals surface area contributed by atoms with Gasteiger partial charge in [-0.15, -0.1) is 0 Å². The molecule has 0 saturated carbocycles. The number of nitrogens with zero attached hydrogens (tertiary/aromatic N) is 4. The molecule has 1 saturated heterocycles. The van der Waals surface area contributed by atoms with Crippen molar-refractivity contribution in [2.24, 2.45) is 0 Å². The fourth-order valence-electron chi connectivity index (χ4n) is 2.84. The molecule has 1 aromatic carbocycles. The van der Waals surface area contributed by atoms with Gasteiger partial charge in [0.05, 0.1) is 31.0 Å². The number of anilines is 2. The number of carbonyl (C=O) groups excluding carboxylic acids is 1. The summed E-state index contributed by atoms with van der Waals surface area (Å²) in [6, 6.07) is 6.00. The number of carbonyl (C=O) groups is 1. The Morgan fingerprint density at radius 3 is 2.83 bits per heavy atom. The summed E-state index contributed by atoms with van der Waals surface area (Å²) in [6.45, 7) is 3.10. The van der Waals surface area contributed by atoms with Crippen LogP contribution in [0, 0.1) is 5.82 Å². The molecule has 0 bridgehead atoms. The van der Waals surface area contributed by atoms with Gasteiger partial charge in [0.1, 0.15) is 5.82 Å². The number of halogens is 1. The number of aromatic nitrogens is 2. The Hall–Kier alpha value is -2.54. The Labute approximate surface area is 132 Å². The first-order valence-corrected chi connectivity index (χ1v) is 7.48. The third-order valence-electron chi connectivity index (χ3n) is 4.05. The second-order valence-corrected chi connectivity index (χ2v) is 5.50. The first-order valence-electron chi connectivity index (χ1n) is 7.48. The van der Waals surface area contributed by atoms with Crippen molar-refractivity contribution in [3.63, 3.8) is 0 Å². The predicted octanol–water partition coefficient (Wildman–Crippen LogP) is 1.61. The first-order chi connectivity index (χ1) is 11.2. The molecule has 0 N–H and O–H groups in total. The summed E-state index contributed by atoms with van der Waals surface area (Å²) < 4.78 is 18.7. The lowest BCUT2D eigenvalue weighted by Crippen LogP contribution is -2.37. The molecule has 1 amide bonds. The standard InChI is InChI=1S/C16H15FN4O2/c17-11-2-1-3-12(8-11)21-10-14-13(15(21)22)9-18-16(19-14)20-4-6-23-7-5-20/h1-3,8-9H,4-7,10H2. The van der Waals surface area contributed by atoms with Crippen LogP contribution in [0.1, 0.15) is 16.1 Å². The van der Waals surface area contributed by atoms with E-state index in [1.54, 1.807) is 18.3 Å². The highest BCUT2D eigenvalue weighted by molar-refractivity contribution is 6.09. The molecule has 0 radical (unpaired) electrons. The van der Waals surface area contributed by atoms with Crippen LogP contribution < -0.4 is 9.80 Å². The predicted molar refractivity (Wildman–Crippen MR) is 82.0 cm³/mol. The van der Waals surface area contributed by atoms with Gasteiger partial charge in [-0.3, -0.25) is 4.79 Å². The number of morpholine rings is 1. The zero-order valence-corrected chi connectivity index (χ0v) is 12.4. The summed E-state index contributed by atoms with van der Waals surface area (Å²) in [6.07, 6.45) is 1.56. The second-order valence-electron chi connectivity index (χ2n) is 5.50. The fraction of sp³-hybridized carbons (Fsp3) is 0.312. The van der Waals surface area contributed by atoms with Crippen LogP contribution in [0.5, 0.6) is 0 Å². The van der Waals surface area contributed by atoms with E-state index in [4.69, 9.17) is 4.74 Å². The van der Waals surface area contributed by atoms with Crippen LogP contribution in [-0.2, 0) is 11.3 Å². The number of fused-ring (bicyclic) bond motifs is 1. The number of hydrogen-bond donors (Lipinski definition) is 0. The van der Waals surface area contributed by atoms with Crippen molar-refractivity contribution in [3.8, 4) is 0 Å². The van der Waals surface area contributed by atoms with Crippen molar-refractivity contribution in [3.05, 3.63) is 47.5 Å². The summed E-state index contributed by atoms with van der Waals surface area (Å²) in [5.74, 6) is 0.0476. The fourth-order valence-corrected chi connectivity index (χ4v) is 2.84. The molecule has 7 heteroatoms. The molecule has 6 nitrogen and oxygen atoms in total. The van der Waals surface area contributed by atoms with Gasteiger partial charge in [-0.1, -0.05) is 6.07 Å². The van der Waals surface area contributed by atoms with E-state index in [0.29, 0.717) is 42.7 Å². The van der Waals surface area contributed by atoms with E-state index in [-0.39, 0.29) is 11.7 Å². The second kappa shape index (κ2) is 5.58. The molecule has 4 rings (SSSR count). The highest BCUT2D eigenvalue weighted by Gasteiger charge is 2.31. The Kier molecular flexibility index (Phi) is 3.42. The number of rotatable bonds is 2. The van der Waals surface area contributed by atoms with E-state index in [2.05, 4.69) is 9.97 Å². The van der Waals surface area contributed by atoms with Gasteiger partial charge in [-0.25, -0.2) is 14.4 Å². The average Bonchev–Trinajstić information content (AvgIpc) is 2.92. The monoisotopic (exact) mass is 314 g/mol. The molecule has 1 fully saturated rings. The van der Waals surface area contributed by atoms with E-state index >= 15 is 0 Å². The Bertz CT molecular complexity index is 761. The van der Waals surface area contributed by atoms with Crippen molar-refractivity contribution < 1.29 is 13.9 Å². The topological polar surface area (TPSA) is 58.6 Å². The third-order valence-corrected chi connectivity index (χ3v) is 4.05. The van der Waals surface area contributed by atoms with Gasteiger partial charge < -0.3 is 14.5 Å². The smallest absolute Gasteiger partial charge is 0.262 e. The maximum Gasteiger partial charge on any atom is 0.262 e. The minimum absolute atomic E-state index is 0.195. The van der Waals surface area contributed by atoms with Crippen molar-refractivity contribution in [2.45, 2.75) is 6.54 Å². The Morgan fingerprint density at radius 1 is 1.22 bits per heavy atom. The Morgan fingerprint density at radius 2 is 2.04 bits per heavy atom. The van der Waals surface area contributed by atoms with Gasteiger partial charge in [-0.05, 0) is 18.2 Å². The lowest BCUT2D eigenvalue weighted by molar-refractivity contribution is 0.0996. The zero-order valence-electron chi connectivity index (χ0n) is 12.4. The van der Waals surface area contributed by atoms with Gasteiger partial charge in [0.2, 0.25) is 5.95 Å². The lowest BCUT2D eigenvalue weighted by atomic mass is 10.2. The third kappa shape index (κ3) is 2.53. The molecular weight excluding hydrogens is 299 g/mol. The highest BCUT2D eigenvalue weighted by atomic mass is 19.1. The van der Waals surface area contributed by atoms with Crippen LogP contribution in [0.3, 0.4) is 0 Å². The van der Waals surface area contributed by atoms with Crippen LogP contribution in [-0.4, -0.2) is 42.2 Å². The summed E-state index contributed by atoms with van der Waals surface area (Å²) >= 11 is 0. The minimum atomic E-state index is -0.369. The van der Waals surface area contributed by atoms with Gasteiger partial charge >= 0.3 is 0 Å². The molecular formula is C16H15FN4O2. The quantitative estimate of drug-likeness (QED) is 0.843. The molecule has 0 atom stereocenters. The Balaban J connectivity index is 1.63. The van der Waals surface area contributed by atoms with Crippen molar-refractivity contribution in [1.82, 2.24) is 9.97 Å². The van der Waals surface area contributed by atoms with Crippen molar-refractivity contribution in [1.29, 1.82) is 0 Å². The molecule has 3 heterocycles. The van der Waals surface area contributed by atoms with Crippen molar-refractivity contribution >= 4 is 17.5 Å². The van der Waals surface area contributed by atoms with Crippen LogP contribution in [0.15, 0.2) is 30.5 Å². The van der Waals surface area contributed by atoms with Crippen LogP contribution >= 0.6 is 0 Å². The SMILES string of the molecule is O=C1c2cnc(N3CCOCC3)nc2CN1c1cccc(F)c1. The van der Waals surface area contributed by atoms with E-state index in [9.17, 15) is 9.18 Å². The van der Waals surface area contributed by atoms with Gasteiger partial charge in [-0.2, -0.15) is 0 Å². The minimum Gasteiger partial charge on any atom is -0.378 e. The average molecular weight is 314 g/mol. The molecule has 1 aromatic heterocycles. The van der Waals surface area contributed by atoms with E-state index in [1.807, 2.05) is 4.90 Å². The highest BCUT2D eigenvalue weighted by Crippen LogP contribution is 2.28. The largest absolute Gasteiger partial charge is 0.378 e. The number of ether oxygens (including phenoxy) is 1. The first kappa shape index (κ1) is 14.1. The maximum absolute atomic E-state index is 13.4. The number of amides is 1. The van der Waals surface area contributed by atoms with E-state index < -0.39 is 0 Å². The summed E-state index contributed by atoms with van der Waals surface area (Å²) in [4.78, 5) is 24.9. The normalized spacial score (nSPS) is 17.5. The maximum atomic E-state index is 13.4. The van der Waals surface area contributed by atoms with Crippen LogP contribution in [0.25, 0.3) is 0 Å². The number of benzene rings is 1. The molecule has 2 aromatic rings. The van der Waals surface area contributed by atoms with Gasteiger partial charge in [0, 0.05) is 25.0 Å². The molecule has 0 unspecified atom stereocenters. The summed E-state index contributed by atoms with van der Waals surface area (Å²) in [5.41, 5.74) is 1.68. The summed E-state index contributed by atoms with van der Waals surface area (Å²) in [5, 5.41) is 0. The van der Waals surface area contributed by atoms with Crippen LogP contribution in [0.4, 0.5) is 16.0 Å². The van der Waals surface area contributed by atoms with E-state index in [1.165, 1.54) is 17.0 Å². The molecule has 0 aliphatic carbocycles. The molecule has 118 valence electrons. The molecule has 23 heavy (non-hydrogen) atoms. The van der Waals surface area contributed by atoms with E-state index in [0.717, 1.165) is 13.1 Å². The molecule has 2 aliphatic rings. The zero-order chi connectivity index (χ0) is 15.8. The van der Waals surface area contributed by atoms with Gasteiger partial charge in [0.15, 0.2) is 0 Å². The lowest BCUT2D eigenvalue weighted by Gasteiger charge is -2.26. The van der Waals surface area contributed by atoms with Crippen LogP contribution in [0.2, 0.25) is 0 Å². The summed E-state index contributed by atoms with van der Waals surface area (Å²) in [7, 11) is 0. The number of hydrogen-bond acceptors (Lipinski definition) is 5. The molecule has 2 aliphatic heterocycles. The van der Waals surface area contributed by atoms with Gasteiger partial charge in [0.25, 0.3) is 5.91 Å². The van der Waals surface area contributed by atoms with Crippen molar-refractivity contribution in [2.75, 3.05) is 36.1 Å². The molecule has 0 spiro atoms.